The van der Waals surface area contributed by atoms with E-state index < -0.39 is 11.8 Å². The summed E-state index contributed by atoms with van der Waals surface area (Å²) in [6.07, 6.45) is 2.02. The number of hydrogen-bond donors (Lipinski definition) is 6. The van der Waals surface area contributed by atoms with Crippen LogP contribution in [0.15, 0.2) is 82.8 Å². The van der Waals surface area contributed by atoms with E-state index in [2.05, 4.69) is 41.9 Å². The van der Waals surface area contributed by atoms with Gasteiger partial charge in [-0.25, -0.2) is 0 Å². The maximum absolute atomic E-state index is 12.5. The number of amides is 4. The summed E-state index contributed by atoms with van der Waals surface area (Å²) in [5.41, 5.74) is 3.68. The minimum Gasteiger partial charge on any atom is -0.370 e. The fourth-order valence-corrected chi connectivity index (χ4v) is 4.58. The Morgan fingerprint density at radius 3 is 1.30 bits per heavy atom. The molecule has 44 heavy (non-hydrogen) atoms. The highest BCUT2D eigenvalue weighted by Crippen LogP contribution is 2.12. The van der Waals surface area contributed by atoms with E-state index in [9.17, 15) is 19.2 Å². The lowest BCUT2D eigenvalue weighted by atomic mass is 10.1. The van der Waals surface area contributed by atoms with Crippen LogP contribution in [-0.4, -0.2) is 74.6 Å². The summed E-state index contributed by atoms with van der Waals surface area (Å²) in [4.78, 5) is 58.7. The predicted octanol–water partition coefficient (Wildman–Crippen LogP) is 1.90. The molecule has 12 heteroatoms. The molecular formula is C32H34N8O4. The Morgan fingerprint density at radius 2 is 0.955 bits per heavy atom. The summed E-state index contributed by atoms with van der Waals surface area (Å²) in [7, 11) is 0. The first kappa shape index (κ1) is 30.0. The van der Waals surface area contributed by atoms with E-state index in [1.807, 2.05) is 24.3 Å². The summed E-state index contributed by atoms with van der Waals surface area (Å²) in [5, 5.41) is 17.2. The van der Waals surface area contributed by atoms with Crippen LogP contribution >= 0.6 is 0 Å². The number of carbonyl (C=O) groups is 4. The minimum atomic E-state index is -0.458. The molecule has 0 radical (unpaired) electrons. The second kappa shape index (κ2) is 14.6. The number of nitrogens with one attached hydrogen (secondary N) is 6. The van der Waals surface area contributed by atoms with Crippen LogP contribution in [0.5, 0.6) is 0 Å². The van der Waals surface area contributed by atoms with Crippen molar-refractivity contribution >= 4 is 46.7 Å². The van der Waals surface area contributed by atoms with Gasteiger partial charge in [-0.05, 0) is 85.6 Å². The molecule has 3 aromatic carbocycles. The van der Waals surface area contributed by atoms with Crippen LogP contribution in [-0.2, 0) is 9.59 Å². The molecule has 0 aliphatic carbocycles. The minimum absolute atomic E-state index is 0.222. The van der Waals surface area contributed by atoms with Gasteiger partial charge in [0.2, 0.25) is 11.8 Å². The molecular weight excluding hydrogens is 560 g/mol. The van der Waals surface area contributed by atoms with E-state index in [0.717, 1.165) is 61.8 Å². The molecule has 12 nitrogen and oxygen atoms in total. The summed E-state index contributed by atoms with van der Waals surface area (Å²) in [6.45, 7) is 2.92. The van der Waals surface area contributed by atoms with Crippen molar-refractivity contribution < 1.29 is 19.2 Å². The van der Waals surface area contributed by atoms with Crippen LogP contribution in [0.4, 0.5) is 11.4 Å². The van der Waals surface area contributed by atoms with Gasteiger partial charge in [-0.3, -0.25) is 29.2 Å². The standard InChI is InChI=1S/C32H34N8O4/c41-27(39-25-11-7-21(8-12-25)29-33-15-1-16-34-29)19-37-31(43)23-3-5-24(6-4-23)32(44)38-20-28(42)40-26-13-9-22(10-14-26)30-35-17-2-18-36-30/h3-14H,1-2,15-20H2,(H,33,34)(H,35,36)(H,37,43)(H,38,44)(H,39,41)(H,40,42). The molecule has 0 bridgehead atoms. The molecule has 5 rings (SSSR count). The van der Waals surface area contributed by atoms with E-state index in [4.69, 9.17) is 0 Å². The molecule has 2 aliphatic heterocycles. The number of benzene rings is 3. The maximum atomic E-state index is 12.5. The van der Waals surface area contributed by atoms with Crippen molar-refractivity contribution in [3.8, 4) is 0 Å². The smallest absolute Gasteiger partial charge is 0.251 e. The fourth-order valence-electron chi connectivity index (χ4n) is 4.58. The number of aliphatic imine (C=N–C) groups is 2. The van der Waals surface area contributed by atoms with Gasteiger partial charge in [0.25, 0.3) is 11.8 Å². The topological polar surface area (TPSA) is 165 Å². The van der Waals surface area contributed by atoms with E-state index in [1.54, 1.807) is 24.3 Å². The molecule has 0 saturated carbocycles. The zero-order chi connectivity index (χ0) is 30.7. The van der Waals surface area contributed by atoms with Gasteiger partial charge in [-0.1, -0.05) is 0 Å². The van der Waals surface area contributed by atoms with Gasteiger partial charge in [0.05, 0.1) is 13.1 Å². The monoisotopic (exact) mass is 594 g/mol. The van der Waals surface area contributed by atoms with Gasteiger partial charge in [0.15, 0.2) is 0 Å². The third kappa shape index (κ3) is 8.28. The third-order valence-corrected chi connectivity index (χ3v) is 6.91. The highest BCUT2D eigenvalue weighted by atomic mass is 16.2. The molecule has 0 saturated heterocycles. The van der Waals surface area contributed by atoms with Crippen LogP contribution in [0.1, 0.15) is 44.7 Å². The number of carbonyl (C=O) groups excluding carboxylic acids is 4. The molecule has 6 N–H and O–H groups in total. The Morgan fingerprint density at radius 1 is 0.568 bits per heavy atom. The van der Waals surface area contributed by atoms with Crippen molar-refractivity contribution in [2.45, 2.75) is 12.8 Å². The summed E-state index contributed by atoms with van der Waals surface area (Å²) in [6, 6.07) is 20.6. The summed E-state index contributed by atoms with van der Waals surface area (Å²) >= 11 is 0. The predicted molar refractivity (Wildman–Crippen MR) is 169 cm³/mol. The van der Waals surface area contributed by atoms with Crippen LogP contribution in [0.25, 0.3) is 0 Å². The normalized spacial score (nSPS) is 14.1. The van der Waals surface area contributed by atoms with Gasteiger partial charge < -0.3 is 31.9 Å². The Bertz CT molecular complexity index is 1450. The Kier molecular flexibility index (Phi) is 9.93. The molecule has 226 valence electrons. The van der Waals surface area contributed by atoms with Gasteiger partial charge in [-0.15, -0.1) is 0 Å². The number of rotatable bonds is 10. The number of amidine groups is 2. The third-order valence-electron chi connectivity index (χ3n) is 6.91. The molecule has 0 atom stereocenters. The van der Waals surface area contributed by atoms with Crippen LogP contribution in [0.3, 0.4) is 0 Å². The Balaban J connectivity index is 1.03. The highest BCUT2D eigenvalue weighted by molar-refractivity contribution is 6.03. The number of anilines is 2. The van der Waals surface area contributed by atoms with Crippen molar-refractivity contribution in [1.82, 2.24) is 21.3 Å². The van der Waals surface area contributed by atoms with Gasteiger partial charge >= 0.3 is 0 Å². The molecule has 0 aromatic heterocycles. The summed E-state index contributed by atoms with van der Waals surface area (Å²) < 4.78 is 0. The lowest BCUT2D eigenvalue weighted by Crippen LogP contribution is -2.33. The van der Waals surface area contributed by atoms with Crippen LogP contribution in [0.2, 0.25) is 0 Å². The lowest BCUT2D eigenvalue weighted by molar-refractivity contribution is -0.116. The first-order chi connectivity index (χ1) is 21.4. The van der Waals surface area contributed by atoms with Crippen molar-refractivity contribution in [1.29, 1.82) is 0 Å². The zero-order valence-electron chi connectivity index (χ0n) is 24.1. The molecule has 2 heterocycles. The van der Waals surface area contributed by atoms with E-state index in [1.165, 1.54) is 24.3 Å². The Labute approximate surface area is 254 Å². The van der Waals surface area contributed by atoms with Crippen LogP contribution in [0, 0.1) is 0 Å². The van der Waals surface area contributed by atoms with Crippen LogP contribution < -0.4 is 31.9 Å². The average Bonchev–Trinajstić information content (AvgIpc) is 3.07. The molecule has 0 unspecified atom stereocenters. The quantitative estimate of drug-likeness (QED) is 0.210. The molecule has 3 aromatic rings. The SMILES string of the molecule is O=C(CNC(=O)c1ccc(C(=O)NCC(=O)Nc2ccc(C3=NCCCN3)cc2)cc1)Nc1ccc(C2=NCCCN2)cc1. The maximum Gasteiger partial charge on any atom is 0.251 e. The molecule has 4 amide bonds. The van der Waals surface area contributed by atoms with Crippen molar-refractivity contribution in [2.24, 2.45) is 9.98 Å². The van der Waals surface area contributed by atoms with Crippen molar-refractivity contribution in [3.05, 3.63) is 95.1 Å². The highest BCUT2D eigenvalue weighted by Gasteiger charge is 2.13. The first-order valence-electron chi connectivity index (χ1n) is 14.5. The molecule has 2 aliphatic rings. The number of nitrogens with zero attached hydrogens (tertiary/aromatic N) is 2. The van der Waals surface area contributed by atoms with Crippen molar-refractivity contribution in [2.75, 3.05) is 49.9 Å². The van der Waals surface area contributed by atoms with E-state index >= 15 is 0 Å². The van der Waals surface area contributed by atoms with Gasteiger partial charge in [-0.2, -0.15) is 0 Å². The number of hydrogen-bond acceptors (Lipinski definition) is 8. The van der Waals surface area contributed by atoms with E-state index in [0.29, 0.717) is 11.4 Å². The zero-order valence-corrected chi connectivity index (χ0v) is 24.1. The fraction of sp³-hybridized carbons (Fsp3) is 0.250. The van der Waals surface area contributed by atoms with Gasteiger partial charge in [0.1, 0.15) is 11.7 Å². The molecule has 0 fully saturated rings. The lowest BCUT2D eigenvalue weighted by Gasteiger charge is -2.15. The largest absolute Gasteiger partial charge is 0.370 e. The van der Waals surface area contributed by atoms with Gasteiger partial charge in [0, 0.05) is 59.8 Å². The summed E-state index contributed by atoms with van der Waals surface area (Å²) in [5.74, 6) is 0.0219. The Hall–Kier alpha value is -5.52. The average molecular weight is 595 g/mol. The van der Waals surface area contributed by atoms with Crippen molar-refractivity contribution in [3.63, 3.8) is 0 Å². The second-order valence-corrected chi connectivity index (χ2v) is 10.2. The first-order valence-corrected chi connectivity index (χ1v) is 14.5. The van der Waals surface area contributed by atoms with E-state index in [-0.39, 0.29) is 36.0 Å². The molecule has 0 spiro atoms. The second-order valence-electron chi connectivity index (χ2n) is 10.2.